The Balaban J connectivity index is 1.66. The molecule has 0 aliphatic carbocycles. The molecule has 0 spiro atoms. The Labute approximate surface area is 183 Å². The third-order valence-electron chi connectivity index (χ3n) is 3.70. The van der Waals surface area contributed by atoms with Gasteiger partial charge in [0.25, 0.3) is 0 Å². The average molecular weight is 517 g/mol. The van der Waals surface area contributed by atoms with Gasteiger partial charge in [0.2, 0.25) is 0 Å². The molecule has 0 fully saturated rings. The van der Waals surface area contributed by atoms with Crippen molar-refractivity contribution in [1.82, 2.24) is 0 Å². The van der Waals surface area contributed by atoms with Gasteiger partial charge in [-0.15, -0.1) is 0 Å². The van der Waals surface area contributed by atoms with Gasteiger partial charge in [0, 0.05) is 0 Å². The molecule has 0 saturated heterocycles. The Morgan fingerprint density at radius 3 is 1.28 bits per heavy atom. The fourth-order valence-electron chi connectivity index (χ4n) is 2.24. The summed E-state index contributed by atoms with van der Waals surface area (Å²) in [5.41, 5.74) is 0. The van der Waals surface area contributed by atoms with E-state index in [1.807, 2.05) is 24.3 Å². The summed E-state index contributed by atoms with van der Waals surface area (Å²) in [6.07, 6.45) is 0. The Morgan fingerprint density at radius 2 is 0.897 bits per heavy atom. The van der Waals surface area contributed by atoms with E-state index in [-0.39, 0.29) is 21.2 Å². The topological polar surface area (TPSA) is 55.4 Å². The summed E-state index contributed by atoms with van der Waals surface area (Å²) in [4.78, 5) is 0. The second-order valence-electron chi connectivity index (χ2n) is 5.91. The number of hydrogen-bond donors (Lipinski definition) is 0. The van der Waals surface area contributed by atoms with Crippen LogP contribution in [0.2, 0.25) is 0 Å². The fraction of sp³-hybridized carbons (Fsp3) is 0.455. The van der Waals surface area contributed by atoms with Crippen molar-refractivity contribution in [3.05, 3.63) is 55.7 Å². The van der Waals surface area contributed by atoms with Gasteiger partial charge in [-0.25, -0.2) is 0 Å². The maximum absolute atomic E-state index is 5.69. The number of halogens is 1. The zero-order chi connectivity index (χ0) is 20.6. The van der Waals surface area contributed by atoms with Crippen LogP contribution >= 0.6 is 0 Å². The molecular formula is C22H30IO6-. The van der Waals surface area contributed by atoms with Gasteiger partial charge in [0.1, 0.15) is 0 Å². The Bertz CT molecular complexity index is 590. The number of hydrogen-bond acceptors (Lipinski definition) is 6. The quantitative estimate of drug-likeness (QED) is 0.229. The normalized spacial score (nSPS) is 11.0. The number of methoxy groups -OCH3 is 2. The molecule has 7 heteroatoms. The maximum atomic E-state index is 5.69. The van der Waals surface area contributed by atoms with Gasteiger partial charge in [-0.05, 0) is 0 Å². The molecule has 6 nitrogen and oxygen atoms in total. The standard InChI is InChI=1S/C22H30IO6/c1-24-11-13-26-15-17-28-21-7-3-19(4-8-21)23-20-5-9-22(10-6-20)29-18-16-27-14-12-25-2/h3-10H,11-18H2,1-2H3/q-1. The van der Waals surface area contributed by atoms with Crippen molar-refractivity contribution in [1.29, 1.82) is 0 Å². The molecule has 0 aliphatic heterocycles. The Hall–Kier alpha value is -1.39. The number of ether oxygens (including phenoxy) is 6. The van der Waals surface area contributed by atoms with Gasteiger partial charge in [-0.1, -0.05) is 0 Å². The molecule has 0 saturated carbocycles. The first kappa shape index (κ1) is 23.9. The molecule has 0 atom stereocenters. The van der Waals surface area contributed by atoms with Crippen LogP contribution < -0.4 is 30.7 Å². The SMILES string of the molecule is COCCOCCOc1ccc([I-]c2ccc(OCCOCCOC)cc2)cc1. The summed E-state index contributed by atoms with van der Waals surface area (Å²) in [6.45, 7) is 4.60. The van der Waals surface area contributed by atoms with Crippen molar-refractivity contribution in [2.75, 3.05) is 67.1 Å². The molecule has 0 radical (unpaired) electrons. The molecule has 0 aliphatic rings. The first-order chi connectivity index (χ1) is 14.3. The second kappa shape index (κ2) is 15.4. The fourth-order valence-corrected chi connectivity index (χ4v) is 4.40. The van der Waals surface area contributed by atoms with E-state index in [1.165, 1.54) is 7.14 Å². The second-order valence-corrected chi connectivity index (χ2v) is 8.94. The summed E-state index contributed by atoms with van der Waals surface area (Å²) < 4.78 is 34.7. The minimum atomic E-state index is -0.233. The van der Waals surface area contributed by atoms with E-state index in [1.54, 1.807) is 14.2 Å². The zero-order valence-electron chi connectivity index (χ0n) is 17.1. The molecule has 162 valence electrons. The summed E-state index contributed by atoms with van der Waals surface area (Å²) in [7, 11) is 3.32. The van der Waals surface area contributed by atoms with Crippen molar-refractivity contribution in [3.63, 3.8) is 0 Å². The van der Waals surface area contributed by atoms with Gasteiger partial charge >= 0.3 is 184 Å². The van der Waals surface area contributed by atoms with E-state index in [9.17, 15) is 0 Å². The molecule has 2 aromatic carbocycles. The van der Waals surface area contributed by atoms with Crippen LogP contribution in [0.25, 0.3) is 0 Å². The molecule has 0 bridgehead atoms. The first-order valence-electron chi connectivity index (χ1n) is 9.55. The van der Waals surface area contributed by atoms with Gasteiger partial charge in [-0.3, -0.25) is 0 Å². The third kappa shape index (κ3) is 10.8. The van der Waals surface area contributed by atoms with Crippen molar-refractivity contribution in [2.45, 2.75) is 0 Å². The minimum absolute atomic E-state index is 0.233. The molecular weight excluding hydrogens is 487 g/mol. The van der Waals surface area contributed by atoms with Crippen molar-refractivity contribution in [2.24, 2.45) is 0 Å². The van der Waals surface area contributed by atoms with Crippen molar-refractivity contribution < 1.29 is 49.6 Å². The van der Waals surface area contributed by atoms with E-state index >= 15 is 0 Å². The Kier molecular flexibility index (Phi) is 12.7. The van der Waals surface area contributed by atoms with E-state index in [4.69, 9.17) is 28.4 Å². The molecule has 2 aromatic rings. The molecule has 29 heavy (non-hydrogen) atoms. The van der Waals surface area contributed by atoms with Crippen LogP contribution in [0.4, 0.5) is 0 Å². The van der Waals surface area contributed by atoms with Crippen LogP contribution in [0, 0.1) is 7.14 Å². The van der Waals surface area contributed by atoms with E-state index < -0.39 is 0 Å². The van der Waals surface area contributed by atoms with Crippen LogP contribution in [0.5, 0.6) is 11.5 Å². The van der Waals surface area contributed by atoms with Crippen LogP contribution in [0.1, 0.15) is 0 Å². The predicted octanol–water partition coefficient (Wildman–Crippen LogP) is -0.101. The summed E-state index contributed by atoms with van der Waals surface area (Å²) in [5.74, 6) is 1.73. The molecule has 0 N–H and O–H groups in total. The zero-order valence-corrected chi connectivity index (χ0v) is 19.3. The summed E-state index contributed by atoms with van der Waals surface area (Å²) >= 11 is -0.233. The van der Waals surface area contributed by atoms with E-state index in [0.717, 1.165) is 11.5 Å². The summed E-state index contributed by atoms with van der Waals surface area (Å²) in [5, 5.41) is 0. The third-order valence-corrected chi connectivity index (χ3v) is 6.39. The van der Waals surface area contributed by atoms with Gasteiger partial charge in [0.05, 0.1) is 0 Å². The van der Waals surface area contributed by atoms with E-state index in [0.29, 0.717) is 52.9 Å². The predicted molar refractivity (Wildman–Crippen MR) is 107 cm³/mol. The van der Waals surface area contributed by atoms with Crippen LogP contribution in [-0.4, -0.2) is 67.1 Å². The molecule has 0 aromatic heterocycles. The number of rotatable bonds is 16. The number of benzene rings is 2. The van der Waals surface area contributed by atoms with Gasteiger partial charge < -0.3 is 0 Å². The van der Waals surface area contributed by atoms with Crippen LogP contribution in [-0.2, 0) is 18.9 Å². The molecule has 0 unspecified atom stereocenters. The average Bonchev–Trinajstić information content (AvgIpc) is 2.75. The Morgan fingerprint density at radius 1 is 0.517 bits per heavy atom. The molecule has 2 rings (SSSR count). The van der Waals surface area contributed by atoms with Gasteiger partial charge in [0.15, 0.2) is 0 Å². The van der Waals surface area contributed by atoms with Crippen LogP contribution in [0.15, 0.2) is 48.5 Å². The van der Waals surface area contributed by atoms with Crippen LogP contribution in [0.3, 0.4) is 0 Å². The molecule has 0 heterocycles. The monoisotopic (exact) mass is 517 g/mol. The van der Waals surface area contributed by atoms with Crippen molar-refractivity contribution >= 4 is 0 Å². The van der Waals surface area contributed by atoms with E-state index in [2.05, 4.69) is 24.3 Å². The first-order valence-corrected chi connectivity index (χ1v) is 11.7. The van der Waals surface area contributed by atoms with Gasteiger partial charge in [-0.2, -0.15) is 0 Å². The summed E-state index contributed by atoms with van der Waals surface area (Å²) in [6, 6.07) is 16.6. The molecule has 0 amide bonds. The van der Waals surface area contributed by atoms with Crippen molar-refractivity contribution in [3.8, 4) is 11.5 Å².